The van der Waals surface area contributed by atoms with Crippen molar-refractivity contribution >= 4 is 29.2 Å². The van der Waals surface area contributed by atoms with Crippen LogP contribution in [-0.4, -0.2) is 23.9 Å². The molecule has 20 heavy (non-hydrogen) atoms. The molecule has 2 rings (SSSR count). The average molecular weight is 272 g/mol. The van der Waals surface area contributed by atoms with Crippen molar-refractivity contribution in [3.8, 4) is 6.07 Å². The van der Waals surface area contributed by atoms with Gasteiger partial charge in [-0.15, -0.1) is 0 Å². The van der Waals surface area contributed by atoms with E-state index in [0.717, 1.165) is 4.90 Å². The minimum atomic E-state index is -0.570. The molecule has 0 bridgehead atoms. The molecule has 1 aromatic carbocycles. The maximum atomic E-state index is 11.9. The molecule has 1 aromatic rings. The number of imide groups is 1. The van der Waals surface area contributed by atoms with Crippen LogP contribution in [0.3, 0.4) is 0 Å². The molecule has 2 N–H and O–H groups in total. The van der Waals surface area contributed by atoms with Crippen molar-refractivity contribution in [1.29, 1.82) is 5.26 Å². The summed E-state index contributed by atoms with van der Waals surface area (Å²) in [6, 6.07) is 6.99. The Balaban J connectivity index is 2.22. The quantitative estimate of drug-likeness (QED) is 0.801. The van der Waals surface area contributed by atoms with Gasteiger partial charge >= 0.3 is 6.03 Å². The van der Waals surface area contributed by atoms with Crippen LogP contribution in [0.15, 0.2) is 24.3 Å². The van der Waals surface area contributed by atoms with E-state index in [9.17, 15) is 14.4 Å². The summed E-state index contributed by atoms with van der Waals surface area (Å²) in [6.07, 6.45) is -0.260. The first-order valence-corrected chi connectivity index (χ1v) is 5.94. The lowest BCUT2D eigenvalue weighted by Crippen LogP contribution is -2.30. The number of nitriles is 1. The fourth-order valence-electron chi connectivity index (χ4n) is 1.85. The summed E-state index contributed by atoms with van der Waals surface area (Å²) in [5.41, 5.74) is 0.787. The number of rotatable bonds is 3. The SMILES string of the molecule is CC1NC(=O)N(c2cccc(NC(=O)CC#N)c2)C1=O. The van der Waals surface area contributed by atoms with Gasteiger partial charge < -0.3 is 10.6 Å². The number of nitrogens with one attached hydrogen (secondary N) is 2. The van der Waals surface area contributed by atoms with Crippen LogP contribution in [0, 0.1) is 11.3 Å². The van der Waals surface area contributed by atoms with Crippen molar-refractivity contribution in [3.05, 3.63) is 24.3 Å². The van der Waals surface area contributed by atoms with Crippen LogP contribution in [0.1, 0.15) is 13.3 Å². The zero-order valence-electron chi connectivity index (χ0n) is 10.7. The lowest BCUT2D eigenvalue weighted by atomic mass is 10.2. The van der Waals surface area contributed by atoms with E-state index in [1.807, 2.05) is 0 Å². The molecular formula is C13H12N4O3. The van der Waals surface area contributed by atoms with Crippen molar-refractivity contribution in [2.45, 2.75) is 19.4 Å². The third kappa shape index (κ3) is 2.59. The number of urea groups is 1. The number of nitrogens with zero attached hydrogens (tertiary/aromatic N) is 2. The van der Waals surface area contributed by atoms with Gasteiger partial charge in [0.1, 0.15) is 12.5 Å². The number of anilines is 2. The summed E-state index contributed by atoms with van der Waals surface area (Å²) in [5.74, 6) is -0.800. The first-order chi connectivity index (χ1) is 9.52. The van der Waals surface area contributed by atoms with Crippen LogP contribution in [0.5, 0.6) is 0 Å². The molecule has 1 saturated heterocycles. The fraction of sp³-hybridized carbons (Fsp3) is 0.231. The van der Waals surface area contributed by atoms with Gasteiger partial charge in [0.15, 0.2) is 0 Å². The van der Waals surface area contributed by atoms with Gasteiger partial charge in [0.05, 0.1) is 11.8 Å². The van der Waals surface area contributed by atoms with Gasteiger partial charge in [0.25, 0.3) is 5.91 Å². The molecule has 0 aromatic heterocycles. The second-order valence-electron chi connectivity index (χ2n) is 4.28. The lowest BCUT2D eigenvalue weighted by molar-refractivity contribution is -0.118. The summed E-state index contributed by atoms with van der Waals surface area (Å²) in [7, 11) is 0. The van der Waals surface area contributed by atoms with Crippen LogP contribution in [-0.2, 0) is 9.59 Å². The van der Waals surface area contributed by atoms with E-state index in [0.29, 0.717) is 11.4 Å². The van der Waals surface area contributed by atoms with Gasteiger partial charge in [0.2, 0.25) is 5.91 Å². The van der Waals surface area contributed by atoms with E-state index >= 15 is 0 Å². The van der Waals surface area contributed by atoms with Gasteiger partial charge in [-0.1, -0.05) is 6.07 Å². The van der Waals surface area contributed by atoms with Crippen LogP contribution >= 0.6 is 0 Å². The largest absolute Gasteiger partial charge is 0.329 e. The fourth-order valence-corrected chi connectivity index (χ4v) is 1.85. The molecule has 7 heteroatoms. The first-order valence-electron chi connectivity index (χ1n) is 5.94. The summed E-state index contributed by atoms with van der Waals surface area (Å²) in [4.78, 5) is 35.9. The second kappa shape index (κ2) is 5.40. The Labute approximate surface area is 115 Å². The number of hydrogen-bond acceptors (Lipinski definition) is 4. The highest BCUT2D eigenvalue weighted by molar-refractivity contribution is 6.21. The van der Waals surface area contributed by atoms with Crippen molar-refractivity contribution in [2.75, 3.05) is 10.2 Å². The minimum Gasteiger partial charge on any atom is -0.326 e. The maximum Gasteiger partial charge on any atom is 0.329 e. The van der Waals surface area contributed by atoms with Gasteiger partial charge in [0, 0.05) is 5.69 Å². The molecule has 4 amide bonds. The summed E-state index contributed by atoms with van der Waals surface area (Å²) in [6.45, 7) is 1.60. The van der Waals surface area contributed by atoms with Gasteiger partial charge in [-0.05, 0) is 25.1 Å². The molecular weight excluding hydrogens is 260 g/mol. The molecule has 0 saturated carbocycles. The van der Waals surface area contributed by atoms with E-state index in [2.05, 4.69) is 10.6 Å². The predicted molar refractivity (Wildman–Crippen MR) is 70.8 cm³/mol. The Hall–Kier alpha value is -2.88. The lowest BCUT2D eigenvalue weighted by Gasteiger charge is -2.14. The Morgan fingerprint density at radius 2 is 2.25 bits per heavy atom. The third-order valence-electron chi connectivity index (χ3n) is 2.76. The Morgan fingerprint density at radius 3 is 2.85 bits per heavy atom. The molecule has 1 aliphatic rings. The van der Waals surface area contributed by atoms with Crippen LogP contribution in [0.25, 0.3) is 0 Å². The van der Waals surface area contributed by atoms with Gasteiger partial charge in [-0.2, -0.15) is 5.26 Å². The summed E-state index contributed by atoms with van der Waals surface area (Å²) >= 11 is 0. The van der Waals surface area contributed by atoms with Gasteiger partial charge in [-0.25, -0.2) is 9.69 Å². The van der Waals surface area contributed by atoms with Crippen molar-refractivity contribution < 1.29 is 14.4 Å². The number of hydrogen-bond donors (Lipinski definition) is 2. The molecule has 1 unspecified atom stereocenters. The molecule has 0 radical (unpaired) electrons. The highest BCUT2D eigenvalue weighted by Crippen LogP contribution is 2.23. The van der Waals surface area contributed by atoms with E-state index in [1.54, 1.807) is 31.2 Å². The standard InChI is InChI=1S/C13H12N4O3/c1-8-12(19)17(13(20)15-8)10-4-2-3-9(7-10)16-11(18)5-6-14/h2-4,7-8H,5H2,1H3,(H,15,20)(H,16,18). The molecule has 1 atom stereocenters. The van der Waals surface area contributed by atoms with E-state index in [-0.39, 0.29) is 12.3 Å². The Bertz CT molecular complexity index is 620. The average Bonchev–Trinajstić information content (AvgIpc) is 2.63. The zero-order chi connectivity index (χ0) is 14.7. The molecule has 7 nitrogen and oxygen atoms in total. The molecule has 0 spiro atoms. The normalized spacial score (nSPS) is 17.6. The third-order valence-corrected chi connectivity index (χ3v) is 2.76. The summed E-state index contributed by atoms with van der Waals surface area (Å²) < 4.78 is 0. The topological polar surface area (TPSA) is 102 Å². The molecule has 1 fully saturated rings. The van der Waals surface area contributed by atoms with Crippen molar-refractivity contribution in [2.24, 2.45) is 0 Å². The molecule has 102 valence electrons. The smallest absolute Gasteiger partial charge is 0.326 e. The second-order valence-corrected chi connectivity index (χ2v) is 4.28. The van der Waals surface area contributed by atoms with E-state index < -0.39 is 18.0 Å². The highest BCUT2D eigenvalue weighted by Gasteiger charge is 2.36. The van der Waals surface area contributed by atoms with Crippen LogP contribution in [0.2, 0.25) is 0 Å². The monoisotopic (exact) mass is 272 g/mol. The summed E-state index contributed by atoms with van der Waals surface area (Å²) in [5, 5.41) is 13.4. The van der Waals surface area contributed by atoms with Crippen LogP contribution < -0.4 is 15.5 Å². The number of carbonyl (C=O) groups excluding carboxylic acids is 3. The van der Waals surface area contributed by atoms with Crippen LogP contribution in [0.4, 0.5) is 16.2 Å². The number of carbonyl (C=O) groups is 3. The Kier molecular flexibility index (Phi) is 3.66. The van der Waals surface area contributed by atoms with E-state index in [4.69, 9.17) is 5.26 Å². The molecule has 1 heterocycles. The highest BCUT2D eigenvalue weighted by atomic mass is 16.2. The predicted octanol–water partition coefficient (Wildman–Crippen LogP) is 0.983. The molecule has 0 aliphatic carbocycles. The van der Waals surface area contributed by atoms with Crippen molar-refractivity contribution in [3.63, 3.8) is 0 Å². The molecule has 1 aliphatic heterocycles. The first kappa shape index (κ1) is 13.5. The van der Waals surface area contributed by atoms with E-state index in [1.165, 1.54) is 6.07 Å². The van der Waals surface area contributed by atoms with Crippen molar-refractivity contribution in [1.82, 2.24) is 5.32 Å². The number of amides is 4. The number of benzene rings is 1. The zero-order valence-corrected chi connectivity index (χ0v) is 10.7. The Morgan fingerprint density at radius 1 is 1.50 bits per heavy atom. The van der Waals surface area contributed by atoms with Gasteiger partial charge in [-0.3, -0.25) is 9.59 Å². The maximum absolute atomic E-state index is 11.9. The minimum absolute atomic E-state index is 0.260.